The van der Waals surface area contributed by atoms with Crippen molar-refractivity contribution in [3.63, 3.8) is 0 Å². The molecule has 0 amide bonds. The SMILES string of the molecule is N#CCC1OC(CC#N)OC(CC#N)O1. The first-order valence-electron chi connectivity index (χ1n) is 4.37. The van der Waals surface area contributed by atoms with E-state index >= 15 is 0 Å². The number of hydrogen-bond acceptors (Lipinski definition) is 6. The minimum Gasteiger partial charge on any atom is -0.321 e. The number of nitriles is 3. The third-order valence-corrected chi connectivity index (χ3v) is 1.68. The van der Waals surface area contributed by atoms with Crippen molar-refractivity contribution < 1.29 is 14.2 Å². The Bertz CT molecular complexity index is 267. The van der Waals surface area contributed by atoms with E-state index in [1.807, 2.05) is 18.2 Å². The zero-order valence-electron chi connectivity index (χ0n) is 7.92. The summed E-state index contributed by atoms with van der Waals surface area (Å²) in [5, 5.41) is 25.4. The summed E-state index contributed by atoms with van der Waals surface area (Å²) in [6.07, 6.45) is -2.02. The molecule has 1 aliphatic heterocycles. The molecule has 0 aromatic carbocycles. The van der Waals surface area contributed by atoms with E-state index in [2.05, 4.69) is 0 Å². The Hall–Kier alpha value is -1.65. The monoisotopic (exact) mass is 207 g/mol. The molecule has 0 spiro atoms. The fraction of sp³-hybridized carbons (Fsp3) is 0.667. The van der Waals surface area contributed by atoms with Crippen LogP contribution in [-0.2, 0) is 14.2 Å². The lowest BCUT2D eigenvalue weighted by atomic mass is 10.3. The van der Waals surface area contributed by atoms with Crippen LogP contribution in [0.3, 0.4) is 0 Å². The van der Waals surface area contributed by atoms with Crippen LogP contribution >= 0.6 is 0 Å². The second-order valence-electron chi connectivity index (χ2n) is 2.78. The van der Waals surface area contributed by atoms with Crippen LogP contribution in [0.15, 0.2) is 0 Å². The third-order valence-electron chi connectivity index (χ3n) is 1.68. The predicted molar refractivity (Wildman–Crippen MR) is 45.3 cm³/mol. The van der Waals surface area contributed by atoms with Crippen LogP contribution < -0.4 is 0 Å². The summed E-state index contributed by atoms with van der Waals surface area (Å²) < 4.78 is 15.4. The first kappa shape index (κ1) is 11.4. The first-order chi connectivity index (χ1) is 7.30. The molecule has 0 atom stereocenters. The standard InChI is InChI=1S/C9H9N3O3/c10-4-1-7-13-8(2-5-11)15-9(14-7)3-6-12/h7-9H,1-3H2. The smallest absolute Gasteiger partial charge is 0.176 e. The summed E-state index contributed by atoms with van der Waals surface area (Å²) in [5.41, 5.74) is 0. The highest BCUT2D eigenvalue weighted by molar-refractivity contribution is 4.80. The molecule has 1 aliphatic rings. The lowest BCUT2D eigenvalue weighted by Crippen LogP contribution is -2.40. The molecule has 1 rings (SSSR count). The molecule has 15 heavy (non-hydrogen) atoms. The Morgan fingerprint density at radius 2 is 0.933 bits per heavy atom. The van der Waals surface area contributed by atoms with Gasteiger partial charge in [-0.05, 0) is 0 Å². The Balaban J connectivity index is 2.54. The van der Waals surface area contributed by atoms with Gasteiger partial charge in [0, 0.05) is 0 Å². The van der Waals surface area contributed by atoms with Gasteiger partial charge in [0.1, 0.15) is 0 Å². The summed E-state index contributed by atoms with van der Waals surface area (Å²) >= 11 is 0. The lowest BCUT2D eigenvalue weighted by molar-refractivity contribution is -0.378. The highest BCUT2D eigenvalue weighted by atomic mass is 16.9. The van der Waals surface area contributed by atoms with Crippen molar-refractivity contribution >= 4 is 0 Å². The topological polar surface area (TPSA) is 99.1 Å². The summed E-state index contributed by atoms with van der Waals surface area (Å²) in [4.78, 5) is 0. The maximum atomic E-state index is 8.47. The zero-order valence-corrected chi connectivity index (χ0v) is 7.92. The molecule has 1 heterocycles. The van der Waals surface area contributed by atoms with Crippen molar-refractivity contribution in [3.8, 4) is 18.2 Å². The largest absolute Gasteiger partial charge is 0.321 e. The molecule has 0 unspecified atom stereocenters. The molecule has 0 saturated carbocycles. The fourth-order valence-electron chi connectivity index (χ4n) is 1.12. The van der Waals surface area contributed by atoms with Gasteiger partial charge < -0.3 is 14.2 Å². The van der Waals surface area contributed by atoms with Crippen molar-refractivity contribution in [1.29, 1.82) is 15.8 Å². The highest BCUT2D eigenvalue weighted by Gasteiger charge is 2.30. The average Bonchev–Trinajstić information content (AvgIpc) is 2.19. The van der Waals surface area contributed by atoms with E-state index in [1.54, 1.807) is 0 Å². The molecule has 0 radical (unpaired) electrons. The molecular formula is C9H9N3O3. The zero-order chi connectivity index (χ0) is 11.1. The number of ether oxygens (including phenoxy) is 3. The minimum atomic E-state index is -0.722. The van der Waals surface area contributed by atoms with Gasteiger partial charge in [-0.1, -0.05) is 0 Å². The molecule has 1 fully saturated rings. The average molecular weight is 207 g/mol. The van der Waals surface area contributed by atoms with Gasteiger partial charge in [0.05, 0.1) is 37.5 Å². The van der Waals surface area contributed by atoms with Crippen LogP contribution in [0.4, 0.5) is 0 Å². The Kier molecular flexibility index (Phi) is 4.53. The van der Waals surface area contributed by atoms with Crippen molar-refractivity contribution in [2.75, 3.05) is 0 Å². The Labute approximate surface area is 87.2 Å². The number of hydrogen-bond donors (Lipinski definition) is 0. The van der Waals surface area contributed by atoms with Gasteiger partial charge in [-0.2, -0.15) is 15.8 Å². The molecule has 0 aromatic rings. The van der Waals surface area contributed by atoms with E-state index in [0.29, 0.717) is 0 Å². The molecule has 78 valence electrons. The van der Waals surface area contributed by atoms with E-state index in [0.717, 1.165) is 0 Å². The number of nitrogens with zero attached hydrogens (tertiary/aromatic N) is 3. The molecule has 0 N–H and O–H groups in total. The van der Waals surface area contributed by atoms with Gasteiger partial charge in [0.25, 0.3) is 0 Å². The third kappa shape index (κ3) is 3.53. The first-order valence-corrected chi connectivity index (χ1v) is 4.37. The summed E-state index contributed by atoms with van der Waals surface area (Å²) in [7, 11) is 0. The Morgan fingerprint density at radius 3 is 1.13 bits per heavy atom. The predicted octanol–water partition coefficient (Wildman–Crippen LogP) is 0.769. The summed E-state index contributed by atoms with van der Waals surface area (Å²) in [6.45, 7) is 0. The summed E-state index contributed by atoms with van der Waals surface area (Å²) in [5.74, 6) is 0. The van der Waals surface area contributed by atoms with Gasteiger partial charge in [0.2, 0.25) is 0 Å². The molecule has 0 aromatic heterocycles. The van der Waals surface area contributed by atoms with Gasteiger partial charge in [0.15, 0.2) is 18.9 Å². The Morgan fingerprint density at radius 1 is 0.667 bits per heavy atom. The highest BCUT2D eigenvalue weighted by Crippen LogP contribution is 2.21. The van der Waals surface area contributed by atoms with Crippen LogP contribution in [0.5, 0.6) is 0 Å². The van der Waals surface area contributed by atoms with E-state index in [9.17, 15) is 0 Å². The summed E-state index contributed by atoms with van der Waals surface area (Å²) in [6, 6.07) is 5.67. The normalized spacial score (nSPS) is 29.8. The van der Waals surface area contributed by atoms with Crippen molar-refractivity contribution in [3.05, 3.63) is 0 Å². The molecular weight excluding hydrogens is 198 g/mol. The quantitative estimate of drug-likeness (QED) is 0.677. The van der Waals surface area contributed by atoms with Gasteiger partial charge >= 0.3 is 0 Å². The lowest BCUT2D eigenvalue weighted by Gasteiger charge is -2.33. The second kappa shape index (κ2) is 5.95. The second-order valence-corrected chi connectivity index (χ2v) is 2.78. The van der Waals surface area contributed by atoms with Crippen molar-refractivity contribution in [2.24, 2.45) is 0 Å². The van der Waals surface area contributed by atoms with Gasteiger partial charge in [-0.15, -0.1) is 0 Å². The molecule has 6 nitrogen and oxygen atoms in total. The van der Waals surface area contributed by atoms with Crippen LogP contribution in [0.25, 0.3) is 0 Å². The molecule has 0 aliphatic carbocycles. The maximum absolute atomic E-state index is 8.47. The van der Waals surface area contributed by atoms with Crippen molar-refractivity contribution in [2.45, 2.75) is 38.1 Å². The van der Waals surface area contributed by atoms with Gasteiger partial charge in [-0.25, -0.2) is 0 Å². The van der Waals surface area contributed by atoms with E-state index < -0.39 is 18.9 Å². The van der Waals surface area contributed by atoms with Crippen LogP contribution in [0.2, 0.25) is 0 Å². The fourth-order valence-corrected chi connectivity index (χ4v) is 1.12. The molecule has 0 bridgehead atoms. The molecule has 1 saturated heterocycles. The van der Waals surface area contributed by atoms with Gasteiger partial charge in [-0.3, -0.25) is 0 Å². The minimum absolute atomic E-state index is 0.0488. The van der Waals surface area contributed by atoms with Crippen molar-refractivity contribution in [1.82, 2.24) is 0 Å². The van der Waals surface area contributed by atoms with Crippen LogP contribution in [0.1, 0.15) is 19.3 Å². The van der Waals surface area contributed by atoms with E-state index in [-0.39, 0.29) is 19.3 Å². The van der Waals surface area contributed by atoms with E-state index in [4.69, 9.17) is 30.0 Å². The van der Waals surface area contributed by atoms with Crippen LogP contribution in [-0.4, -0.2) is 18.9 Å². The van der Waals surface area contributed by atoms with E-state index in [1.165, 1.54) is 0 Å². The molecule has 6 heteroatoms. The maximum Gasteiger partial charge on any atom is 0.176 e. The van der Waals surface area contributed by atoms with Crippen LogP contribution in [0, 0.1) is 34.0 Å². The number of rotatable bonds is 3.